The van der Waals surface area contributed by atoms with Gasteiger partial charge < -0.3 is 28.5 Å². The topological polar surface area (TPSA) is 108 Å². The molecule has 0 aromatic carbocycles. The van der Waals surface area contributed by atoms with E-state index in [1.807, 2.05) is 21.1 Å². The number of carbonyl (C=O) groups excluding carboxylic acids is 2. The van der Waals surface area contributed by atoms with Crippen LogP contribution >= 0.6 is 0 Å². The lowest BCUT2D eigenvalue weighted by molar-refractivity contribution is -0.870. The van der Waals surface area contributed by atoms with Gasteiger partial charge in [0.25, 0.3) is 6.29 Å². The first-order valence-corrected chi connectivity index (χ1v) is 37.7. The highest BCUT2D eigenvalue weighted by molar-refractivity contribution is 5.71. The molecule has 0 saturated carbocycles. The van der Waals surface area contributed by atoms with Crippen LogP contribution in [0.3, 0.4) is 0 Å². The average Bonchev–Trinajstić information content (AvgIpc) is 3.64. The predicted octanol–water partition coefficient (Wildman–Crippen LogP) is 23.5. The molecule has 0 heterocycles. The number of esters is 2. The average molecular weight is 1210 g/mol. The van der Waals surface area contributed by atoms with E-state index in [9.17, 15) is 19.5 Å². The van der Waals surface area contributed by atoms with E-state index >= 15 is 0 Å². The number of nitrogens with zero attached hydrogens (tertiary/aromatic N) is 1. The number of carboxylic acids is 1. The summed E-state index contributed by atoms with van der Waals surface area (Å²) in [6.45, 7) is 4.94. The van der Waals surface area contributed by atoms with Gasteiger partial charge in [-0.05, 0) is 51.4 Å². The number of carboxylic acid groups (broad SMARTS) is 1. The van der Waals surface area contributed by atoms with Crippen molar-refractivity contribution in [2.45, 2.75) is 392 Å². The van der Waals surface area contributed by atoms with E-state index in [4.69, 9.17) is 18.9 Å². The summed E-state index contributed by atoms with van der Waals surface area (Å²) in [6.07, 6.45) is 84.3. The maximum absolute atomic E-state index is 13.0. The number of hydrogen-bond acceptors (Lipinski definition) is 7. The van der Waals surface area contributed by atoms with E-state index in [2.05, 4.69) is 50.3 Å². The molecule has 0 spiro atoms. The first-order chi connectivity index (χ1) is 42.1. The van der Waals surface area contributed by atoms with Gasteiger partial charge in [-0.2, -0.15) is 0 Å². The van der Waals surface area contributed by atoms with Crippen LogP contribution in [0, 0.1) is 0 Å². The molecule has 0 aromatic heterocycles. The summed E-state index contributed by atoms with van der Waals surface area (Å²) in [4.78, 5) is 37.7. The van der Waals surface area contributed by atoms with Crippen LogP contribution < -0.4 is 0 Å². The number of likely N-dealkylation sites (N-methyl/N-ethyl adjacent to an activating group) is 1. The molecule has 2 atom stereocenters. The predicted molar refractivity (Wildman–Crippen MR) is 369 cm³/mol. The molecule has 0 aliphatic carbocycles. The third-order valence-corrected chi connectivity index (χ3v) is 17.1. The smallest absolute Gasteiger partial charge is 0.361 e. The van der Waals surface area contributed by atoms with Gasteiger partial charge in [0, 0.05) is 12.8 Å². The Kier molecular flexibility index (Phi) is 66.4. The molecule has 506 valence electrons. The number of hydrogen-bond donors (Lipinski definition) is 1. The Morgan fingerprint density at radius 1 is 0.349 bits per heavy atom. The quantitative estimate of drug-likeness (QED) is 0.0211. The maximum atomic E-state index is 13.0. The number of unbranched alkanes of at least 4 members (excludes halogenated alkanes) is 50. The number of rotatable bonds is 71. The van der Waals surface area contributed by atoms with E-state index in [1.54, 1.807) is 0 Å². The zero-order valence-corrected chi connectivity index (χ0v) is 58.0. The Hall–Kier alpha value is -2.49. The second kappa shape index (κ2) is 68.4. The van der Waals surface area contributed by atoms with Gasteiger partial charge in [-0.3, -0.25) is 9.59 Å². The minimum atomic E-state index is -1.51. The molecule has 0 bridgehead atoms. The number of carbonyl (C=O) groups is 3. The summed E-state index contributed by atoms with van der Waals surface area (Å²) < 4.78 is 23.0. The Morgan fingerprint density at radius 3 is 0.930 bits per heavy atom. The van der Waals surface area contributed by atoms with Gasteiger partial charge in [0.05, 0.1) is 34.4 Å². The number of aliphatic carboxylic acids is 1. The molecule has 0 radical (unpaired) electrons. The van der Waals surface area contributed by atoms with Crippen LogP contribution in [0.2, 0.25) is 0 Å². The van der Waals surface area contributed by atoms with Crippen molar-refractivity contribution in [3.8, 4) is 0 Å². The van der Waals surface area contributed by atoms with E-state index < -0.39 is 18.4 Å². The van der Waals surface area contributed by atoms with Gasteiger partial charge in [0.2, 0.25) is 0 Å². The molecule has 0 aliphatic rings. The first-order valence-electron chi connectivity index (χ1n) is 37.7. The van der Waals surface area contributed by atoms with E-state index in [1.165, 1.54) is 302 Å². The van der Waals surface area contributed by atoms with Crippen LogP contribution in [-0.2, 0) is 33.3 Å². The molecule has 1 N–H and O–H groups in total. The molecule has 0 aliphatic heterocycles. The maximum Gasteiger partial charge on any atom is 0.361 e. The summed E-state index contributed by atoms with van der Waals surface area (Å²) in [7, 11) is 5.99. The van der Waals surface area contributed by atoms with Crippen molar-refractivity contribution in [2.24, 2.45) is 0 Å². The second-order valence-corrected chi connectivity index (χ2v) is 27.0. The van der Waals surface area contributed by atoms with Crippen molar-refractivity contribution in [3.63, 3.8) is 0 Å². The lowest BCUT2D eigenvalue weighted by atomic mass is 10.0. The molecule has 0 fully saturated rings. The lowest BCUT2D eigenvalue weighted by Gasteiger charge is -2.25. The number of allylic oxidation sites excluding steroid dienone is 6. The van der Waals surface area contributed by atoms with Crippen LogP contribution in [0.1, 0.15) is 380 Å². The molecule has 9 nitrogen and oxygen atoms in total. The molecule has 86 heavy (non-hydrogen) atoms. The molecule has 0 amide bonds. The van der Waals surface area contributed by atoms with Gasteiger partial charge in [-0.15, -0.1) is 0 Å². The van der Waals surface area contributed by atoms with Crippen molar-refractivity contribution in [2.75, 3.05) is 47.5 Å². The molecule has 0 aromatic rings. The minimum Gasteiger partial charge on any atom is -0.477 e. The normalized spacial score (nSPS) is 12.8. The molecular weight excluding hydrogens is 1070 g/mol. The third-order valence-electron chi connectivity index (χ3n) is 17.1. The summed E-state index contributed by atoms with van der Waals surface area (Å²) in [5, 5.41) is 9.76. The first kappa shape index (κ1) is 83.5. The summed E-state index contributed by atoms with van der Waals surface area (Å²) in [5.41, 5.74) is 0. The van der Waals surface area contributed by atoms with Crippen LogP contribution in [0.15, 0.2) is 36.5 Å². The van der Waals surface area contributed by atoms with E-state index in [-0.39, 0.29) is 38.2 Å². The van der Waals surface area contributed by atoms with Gasteiger partial charge in [0.1, 0.15) is 13.2 Å². The molecule has 2 unspecified atom stereocenters. The van der Waals surface area contributed by atoms with Crippen LogP contribution in [0.4, 0.5) is 0 Å². The molecule has 0 rings (SSSR count). The van der Waals surface area contributed by atoms with E-state index in [0.717, 1.165) is 51.4 Å². The number of quaternary nitrogens is 1. The lowest BCUT2D eigenvalue weighted by Crippen LogP contribution is -2.40. The fourth-order valence-corrected chi connectivity index (χ4v) is 11.4. The Balaban J connectivity index is 4.01. The van der Waals surface area contributed by atoms with Crippen molar-refractivity contribution >= 4 is 17.9 Å². The van der Waals surface area contributed by atoms with Crippen molar-refractivity contribution in [1.29, 1.82) is 0 Å². The van der Waals surface area contributed by atoms with Gasteiger partial charge in [0.15, 0.2) is 6.10 Å². The Morgan fingerprint density at radius 2 is 0.628 bits per heavy atom. The molecular formula is C77H146NO8+. The SMILES string of the molecule is CCCCCCC/C=C\C/C=C\C/C=C\CCCCCCCCCCCCCCC(=O)OC(COC(=O)CCCCCCCCCCCCCCCCCCCCCCCCCCCCCCCCCCCC)COC(OCC[N+](C)(C)C)C(=O)O. The largest absolute Gasteiger partial charge is 0.477 e. The van der Waals surface area contributed by atoms with Crippen molar-refractivity contribution in [3.05, 3.63) is 36.5 Å². The molecule has 0 saturated heterocycles. The van der Waals surface area contributed by atoms with Crippen molar-refractivity contribution < 1.29 is 42.9 Å². The summed E-state index contributed by atoms with van der Waals surface area (Å²) in [6, 6.07) is 0. The highest BCUT2D eigenvalue weighted by Gasteiger charge is 2.25. The summed E-state index contributed by atoms with van der Waals surface area (Å²) >= 11 is 0. The van der Waals surface area contributed by atoms with Crippen LogP contribution in [0.25, 0.3) is 0 Å². The van der Waals surface area contributed by atoms with E-state index in [0.29, 0.717) is 17.4 Å². The fraction of sp³-hybridized carbons (Fsp3) is 0.883. The zero-order valence-electron chi connectivity index (χ0n) is 58.0. The highest BCUT2D eigenvalue weighted by atomic mass is 16.7. The second-order valence-electron chi connectivity index (χ2n) is 27.0. The summed E-state index contributed by atoms with van der Waals surface area (Å²) in [5.74, 6) is -1.98. The Labute approximate surface area is 534 Å². The number of ether oxygens (including phenoxy) is 4. The van der Waals surface area contributed by atoms with Crippen LogP contribution in [-0.4, -0.2) is 87.4 Å². The third kappa shape index (κ3) is 69.0. The fourth-order valence-electron chi connectivity index (χ4n) is 11.4. The standard InChI is InChI=1S/C77H145NO8/c1-6-8-10-12-14-16-18-20-22-24-26-28-30-32-34-35-36-37-38-39-40-42-43-45-47-49-51-53-55-57-59-61-63-65-67-74(79)84-71-73(72-85-77(76(81)82)83-70-69-78(3,4)5)86-75(80)68-66-64-62-60-58-56-54-52-50-48-46-44-41-33-31-29-27-25-23-21-19-17-15-13-11-9-7-2/h19,21,25,27,31,33,73,77H,6-18,20,22-24,26,28-30,32,34-72H2,1-5H3/p+1/b21-19-,27-25-,33-31-. The monoisotopic (exact) mass is 1210 g/mol. The Bertz CT molecular complexity index is 1500. The minimum absolute atomic E-state index is 0.178. The van der Waals surface area contributed by atoms with Gasteiger partial charge >= 0.3 is 17.9 Å². The van der Waals surface area contributed by atoms with Gasteiger partial charge in [-0.25, -0.2) is 4.79 Å². The highest BCUT2D eigenvalue weighted by Crippen LogP contribution is 2.19. The zero-order chi connectivity index (χ0) is 62.6. The molecule has 9 heteroatoms. The van der Waals surface area contributed by atoms with Crippen molar-refractivity contribution in [1.82, 2.24) is 0 Å². The van der Waals surface area contributed by atoms with Crippen LogP contribution in [0.5, 0.6) is 0 Å². The van der Waals surface area contributed by atoms with Gasteiger partial charge in [-0.1, -0.05) is 352 Å².